The van der Waals surface area contributed by atoms with Crippen LogP contribution in [0.3, 0.4) is 0 Å². The summed E-state index contributed by atoms with van der Waals surface area (Å²) < 4.78 is 6.75. The first kappa shape index (κ1) is 12.5. The number of para-hydroxylation sites is 1. The number of anilines is 1. The number of ether oxygens (including phenoxy) is 1. The molecule has 96 valence electrons. The van der Waals surface area contributed by atoms with Crippen LogP contribution in [-0.2, 0) is 16.6 Å². The average Bonchev–Trinajstić information content (AvgIpc) is 2.74. The van der Waals surface area contributed by atoms with Gasteiger partial charge in [-0.05, 0) is 6.07 Å². The van der Waals surface area contributed by atoms with E-state index < -0.39 is 0 Å². The SMILES string of the molecule is COC(=O)CCN(C)c1cn(C)c2ccccc12. The third-order valence-corrected chi connectivity index (χ3v) is 3.17. The Bertz CT molecular complexity index is 560. The maximum atomic E-state index is 11.2. The number of rotatable bonds is 4. The molecule has 0 aliphatic rings. The Hall–Kier alpha value is -1.97. The van der Waals surface area contributed by atoms with Gasteiger partial charge in [0.2, 0.25) is 0 Å². The van der Waals surface area contributed by atoms with Crippen LogP contribution in [0.15, 0.2) is 30.5 Å². The minimum absolute atomic E-state index is 0.179. The quantitative estimate of drug-likeness (QED) is 0.775. The molecule has 0 aliphatic heterocycles. The van der Waals surface area contributed by atoms with E-state index in [0.29, 0.717) is 13.0 Å². The first-order valence-corrected chi connectivity index (χ1v) is 5.95. The van der Waals surface area contributed by atoms with Crippen LogP contribution in [0.25, 0.3) is 10.9 Å². The smallest absolute Gasteiger partial charge is 0.307 e. The summed E-state index contributed by atoms with van der Waals surface area (Å²) >= 11 is 0. The van der Waals surface area contributed by atoms with Gasteiger partial charge < -0.3 is 14.2 Å². The number of aromatic nitrogens is 1. The molecule has 0 amide bonds. The monoisotopic (exact) mass is 246 g/mol. The number of fused-ring (bicyclic) bond motifs is 1. The van der Waals surface area contributed by atoms with Crippen LogP contribution in [0.5, 0.6) is 0 Å². The minimum Gasteiger partial charge on any atom is -0.469 e. The van der Waals surface area contributed by atoms with Crippen molar-refractivity contribution < 1.29 is 9.53 Å². The second-order valence-corrected chi connectivity index (χ2v) is 4.39. The van der Waals surface area contributed by atoms with Crippen molar-refractivity contribution in [2.75, 3.05) is 25.6 Å². The van der Waals surface area contributed by atoms with Crippen molar-refractivity contribution in [3.05, 3.63) is 30.5 Å². The van der Waals surface area contributed by atoms with E-state index in [1.54, 1.807) is 0 Å². The molecule has 0 bridgehead atoms. The number of aryl methyl sites for hydroxylation is 1. The van der Waals surface area contributed by atoms with E-state index in [1.165, 1.54) is 18.0 Å². The molecule has 0 fully saturated rings. The van der Waals surface area contributed by atoms with E-state index in [-0.39, 0.29) is 5.97 Å². The number of hydrogen-bond acceptors (Lipinski definition) is 3. The Morgan fingerprint density at radius 2 is 2.11 bits per heavy atom. The van der Waals surface area contributed by atoms with Gasteiger partial charge in [-0.3, -0.25) is 4.79 Å². The molecule has 0 aliphatic carbocycles. The highest BCUT2D eigenvalue weighted by atomic mass is 16.5. The van der Waals surface area contributed by atoms with Crippen LogP contribution in [0.2, 0.25) is 0 Å². The standard InChI is InChI=1S/C14H18N2O2/c1-15(9-8-14(17)18-3)13-10-16(2)12-7-5-4-6-11(12)13/h4-7,10H,8-9H2,1-3H3. The summed E-state index contributed by atoms with van der Waals surface area (Å²) in [5, 5.41) is 1.20. The van der Waals surface area contributed by atoms with E-state index in [1.807, 2.05) is 26.2 Å². The summed E-state index contributed by atoms with van der Waals surface area (Å²) in [5.74, 6) is -0.179. The number of benzene rings is 1. The molecule has 0 atom stereocenters. The highest BCUT2D eigenvalue weighted by Gasteiger charge is 2.11. The Kier molecular flexibility index (Phi) is 3.55. The van der Waals surface area contributed by atoms with Gasteiger partial charge in [-0.15, -0.1) is 0 Å². The number of carbonyl (C=O) groups is 1. The van der Waals surface area contributed by atoms with Crippen molar-refractivity contribution in [2.45, 2.75) is 6.42 Å². The highest BCUT2D eigenvalue weighted by Crippen LogP contribution is 2.27. The van der Waals surface area contributed by atoms with Gasteiger partial charge in [-0.1, -0.05) is 18.2 Å². The van der Waals surface area contributed by atoms with E-state index in [4.69, 9.17) is 0 Å². The fraction of sp³-hybridized carbons (Fsp3) is 0.357. The normalized spacial score (nSPS) is 10.6. The second-order valence-electron chi connectivity index (χ2n) is 4.39. The molecule has 4 heteroatoms. The predicted molar refractivity (Wildman–Crippen MR) is 72.8 cm³/mol. The summed E-state index contributed by atoms with van der Waals surface area (Å²) in [6.07, 6.45) is 2.48. The van der Waals surface area contributed by atoms with Gasteiger partial charge in [0, 0.05) is 37.7 Å². The molecule has 0 saturated carbocycles. The molecule has 2 rings (SSSR count). The molecule has 0 N–H and O–H groups in total. The van der Waals surface area contributed by atoms with E-state index in [2.05, 4.69) is 32.5 Å². The average molecular weight is 246 g/mol. The summed E-state index contributed by atoms with van der Waals surface area (Å²) in [5.41, 5.74) is 2.33. The predicted octanol–water partition coefficient (Wildman–Crippen LogP) is 2.18. The maximum Gasteiger partial charge on any atom is 0.307 e. The molecule has 0 unspecified atom stereocenters. The second kappa shape index (κ2) is 5.12. The zero-order chi connectivity index (χ0) is 13.1. The Morgan fingerprint density at radius 1 is 1.39 bits per heavy atom. The molecule has 0 spiro atoms. The summed E-state index contributed by atoms with van der Waals surface area (Å²) in [6.45, 7) is 0.653. The third kappa shape index (κ3) is 2.32. The number of nitrogens with zero attached hydrogens (tertiary/aromatic N) is 2. The summed E-state index contributed by atoms with van der Waals surface area (Å²) in [4.78, 5) is 13.2. The fourth-order valence-corrected chi connectivity index (χ4v) is 2.11. The lowest BCUT2D eigenvalue weighted by Gasteiger charge is -2.17. The number of esters is 1. The van der Waals surface area contributed by atoms with Gasteiger partial charge in [0.1, 0.15) is 0 Å². The van der Waals surface area contributed by atoms with E-state index in [9.17, 15) is 4.79 Å². The first-order chi connectivity index (χ1) is 8.63. The molecule has 1 aromatic heterocycles. The Balaban J connectivity index is 2.22. The Labute approximate surface area is 107 Å². The van der Waals surface area contributed by atoms with Crippen LogP contribution in [-0.4, -0.2) is 31.2 Å². The van der Waals surface area contributed by atoms with Crippen molar-refractivity contribution in [1.29, 1.82) is 0 Å². The molecule has 1 heterocycles. The topological polar surface area (TPSA) is 34.5 Å². The van der Waals surface area contributed by atoms with Crippen molar-refractivity contribution >= 4 is 22.6 Å². The zero-order valence-corrected chi connectivity index (χ0v) is 11.0. The molecule has 2 aromatic rings. The van der Waals surface area contributed by atoms with Gasteiger partial charge in [0.15, 0.2) is 0 Å². The van der Waals surface area contributed by atoms with Crippen LogP contribution < -0.4 is 4.90 Å². The first-order valence-electron chi connectivity index (χ1n) is 5.95. The van der Waals surface area contributed by atoms with E-state index in [0.717, 1.165) is 5.69 Å². The minimum atomic E-state index is -0.179. The maximum absolute atomic E-state index is 11.2. The van der Waals surface area contributed by atoms with Crippen molar-refractivity contribution in [2.24, 2.45) is 7.05 Å². The third-order valence-electron chi connectivity index (χ3n) is 3.17. The lowest BCUT2D eigenvalue weighted by atomic mass is 10.2. The van der Waals surface area contributed by atoms with Gasteiger partial charge in [-0.25, -0.2) is 0 Å². The fourth-order valence-electron chi connectivity index (χ4n) is 2.11. The van der Waals surface area contributed by atoms with Crippen LogP contribution in [0, 0.1) is 0 Å². The largest absolute Gasteiger partial charge is 0.469 e. The zero-order valence-electron chi connectivity index (χ0n) is 11.0. The van der Waals surface area contributed by atoms with Gasteiger partial charge in [0.25, 0.3) is 0 Å². The summed E-state index contributed by atoms with van der Waals surface area (Å²) in [7, 11) is 5.44. The van der Waals surface area contributed by atoms with Crippen molar-refractivity contribution in [1.82, 2.24) is 4.57 Å². The van der Waals surface area contributed by atoms with Crippen LogP contribution in [0.4, 0.5) is 5.69 Å². The molecular formula is C14H18N2O2. The lowest BCUT2D eigenvalue weighted by molar-refractivity contribution is -0.140. The molecule has 0 saturated heterocycles. The lowest BCUT2D eigenvalue weighted by Crippen LogP contribution is -2.21. The number of carbonyl (C=O) groups excluding carboxylic acids is 1. The van der Waals surface area contributed by atoms with Gasteiger partial charge in [0.05, 0.1) is 19.2 Å². The Morgan fingerprint density at radius 3 is 2.83 bits per heavy atom. The van der Waals surface area contributed by atoms with Crippen molar-refractivity contribution in [3.8, 4) is 0 Å². The van der Waals surface area contributed by atoms with Crippen LogP contribution >= 0.6 is 0 Å². The van der Waals surface area contributed by atoms with Crippen molar-refractivity contribution in [3.63, 3.8) is 0 Å². The van der Waals surface area contributed by atoms with E-state index >= 15 is 0 Å². The molecular weight excluding hydrogens is 228 g/mol. The number of hydrogen-bond donors (Lipinski definition) is 0. The van der Waals surface area contributed by atoms with Gasteiger partial charge in [-0.2, -0.15) is 0 Å². The van der Waals surface area contributed by atoms with Crippen LogP contribution in [0.1, 0.15) is 6.42 Å². The molecule has 18 heavy (non-hydrogen) atoms. The van der Waals surface area contributed by atoms with Gasteiger partial charge >= 0.3 is 5.97 Å². The highest BCUT2D eigenvalue weighted by molar-refractivity contribution is 5.93. The summed E-state index contributed by atoms with van der Waals surface area (Å²) in [6, 6.07) is 8.24. The molecule has 4 nitrogen and oxygen atoms in total. The number of methoxy groups -OCH3 is 1. The molecule has 0 radical (unpaired) electrons. The molecule has 1 aromatic carbocycles.